The normalized spacial score (nSPS) is 11.1. The summed E-state index contributed by atoms with van der Waals surface area (Å²) >= 11 is 0. The first-order chi connectivity index (χ1) is 4.42. The van der Waals surface area contributed by atoms with Gasteiger partial charge in [-0.05, 0) is 0 Å². The highest BCUT2D eigenvalue weighted by Gasteiger charge is 2.37. The van der Waals surface area contributed by atoms with Crippen molar-refractivity contribution in [3.63, 3.8) is 0 Å². The molecule has 0 aliphatic heterocycles. The Morgan fingerprint density at radius 1 is 1.60 bits per heavy atom. The van der Waals surface area contributed by atoms with Crippen LogP contribution in [0.5, 0.6) is 0 Å². The summed E-state index contributed by atoms with van der Waals surface area (Å²) in [6.07, 6.45) is 0.216. The second-order valence-electron chi connectivity index (χ2n) is 2.59. The Bertz CT molecular complexity index is 162. The summed E-state index contributed by atoms with van der Waals surface area (Å²) in [7, 11) is 0. The van der Waals surface area contributed by atoms with Crippen molar-refractivity contribution in [2.45, 2.75) is 32.7 Å². The summed E-state index contributed by atoms with van der Waals surface area (Å²) in [5.74, 6) is -0.336. The van der Waals surface area contributed by atoms with Crippen LogP contribution in [0.2, 0.25) is 0 Å². The molecule has 0 heterocycles. The lowest BCUT2D eigenvalue weighted by atomic mass is 9.99. The van der Waals surface area contributed by atoms with E-state index in [4.69, 9.17) is 0 Å². The van der Waals surface area contributed by atoms with E-state index >= 15 is 0 Å². The molecule has 0 saturated heterocycles. The third-order valence-electron chi connectivity index (χ3n) is 1.46. The van der Waals surface area contributed by atoms with Gasteiger partial charge in [0.2, 0.25) is 5.78 Å². The minimum atomic E-state index is -1.41. The lowest BCUT2D eigenvalue weighted by molar-refractivity contribution is -0.542. The summed E-state index contributed by atoms with van der Waals surface area (Å²) < 4.78 is 0. The first-order valence-corrected chi connectivity index (χ1v) is 3.10. The fraction of sp³-hybridized carbons (Fsp3) is 0.833. The van der Waals surface area contributed by atoms with Crippen molar-refractivity contribution in [2.24, 2.45) is 0 Å². The van der Waals surface area contributed by atoms with Crippen LogP contribution >= 0.6 is 0 Å². The number of rotatable bonds is 3. The molecule has 4 heteroatoms. The molecule has 0 radical (unpaired) electrons. The molecule has 0 saturated carbocycles. The molecule has 0 rings (SSSR count). The molecular formula is C6H11NO3. The van der Waals surface area contributed by atoms with Crippen LogP contribution in [0.15, 0.2) is 0 Å². The maximum absolute atomic E-state index is 10.8. The minimum Gasteiger partial charge on any atom is -0.292 e. The molecule has 0 aromatic rings. The summed E-state index contributed by atoms with van der Waals surface area (Å²) in [6, 6.07) is 0. The standard InChI is InChI=1S/C6H11NO3/c1-4-5(8)6(2,3)7(9)10/h4H2,1-3H3. The summed E-state index contributed by atoms with van der Waals surface area (Å²) in [6.45, 7) is 4.26. The van der Waals surface area contributed by atoms with E-state index in [-0.39, 0.29) is 12.2 Å². The monoisotopic (exact) mass is 145 g/mol. The molecule has 0 unspecified atom stereocenters. The molecule has 0 aliphatic rings. The van der Waals surface area contributed by atoms with Gasteiger partial charge >= 0.3 is 0 Å². The predicted octanol–water partition coefficient (Wildman–Crippen LogP) is 1.02. The van der Waals surface area contributed by atoms with Crippen LogP contribution in [-0.2, 0) is 4.79 Å². The van der Waals surface area contributed by atoms with Crippen molar-refractivity contribution in [3.8, 4) is 0 Å². The van der Waals surface area contributed by atoms with Gasteiger partial charge in [0, 0.05) is 25.2 Å². The molecule has 0 atom stereocenters. The van der Waals surface area contributed by atoms with Gasteiger partial charge in [-0.15, -0.1) is 0 Å². The number of nitrogens with zero attached hydrogens (tertiary/aromatic N) is 1. The average molecular weight is 145 g/mol. The molecular weight excluding hydrogens is 134 g/mol. The van der Waals surface area contributed by atoms with Gasteiger partial charge < -0.3 is 0 Å². The average Bonchev–Trinajstić information content (AvgIpc) is 1.86. The van der Waals surface area contributed by atoms with Gasteiger partial charge in [-0.25, -0.2) is 0 Å². The van der Waals surface area contributed by atoms with Gasteiger partial charge in [0.05, 0.1) is 0 Å². The molecule has 0 bridgehead atoms. The van der Waals surface area contributed by atoms with Gasteiger partial charge in [0.15, 0.2) is 0 Å². The number of Topliss-reactive ketones (excluding diaryl/α,β-unsaturated/α-hetero) is 1. The Balaban J connectivity index is 4.40. The Hall–Kier alpha value is -0.930. The zero-order valence-electron chi connectivity index (χ0n) is 6.38. The van der Waals surface area contributed by atoms with Gasteiger partial charge in [0.25, 0.3) is 5.54 Å². The topological polar surface area (TPSA) is 60.2 Å². The van der Waals surface area contributed by atoms with Crippen LogP contribution < -0.4 is 0 Å². The first kappa shape index (κ1) is 9.07. The van der Waals surface area contributed by atoms with E-state index in [1.807, 2.05) is 0 Å². The fourth-order valence-electron chi connectivity index (χ4n) is 0.534. The number of nitro groups is 1. The van der Waals surface area contributed by atoms with Crippen molar-refractivity contribution in [2.75, 3.05) is 0 Å². The van der Waals surface area contributed by atoms with E-state index in [0.717, 1.165) is 0 Å². The van der Waals surface area contributed by atoms with Crippen LogP contribution in [0.25, 0.3) is 0 Å². The number of hydrogen-bond acceptors (Lipinski definition) is 3. The van der Waals surface area contributed by atoms with E-state index in [9.17, 15) is 14.9 Å². The number of carbonyl (C=O) groups is 1. The maximum Gasteiger partial charge on any atom is 0.273 e. The van der Waals surface area contributed by atoms with Gasteiger partial charge in [0.1, 0.15) is 0 Å². The SMILES string of the molecule is CCC(=O)C(C)(C)[N+](=O)[O-]. The minimum absolute atomic E-state index is 0.216. The van der Waals surface area contributed by atoms with Crippen molar-refractivity contribution >= 4 is 5.78 Å². The highest BCUT2D eigenvalue weighted by molar-refractivity contribution is 5.85. The first-order valence-electron chi connectivity index (χ1n) is 3.10. The van der Waals surface area contributed by atoms with Crippen molar-refractivity contribution in [3.05, 3.63) is 10.1 Å². The third kappa shape index (κ3) is 1.52. The molecule has 4 nitrogen and oxygen atoms in total. The Morgan fingerprint density at radius 3 is 2.10 bits per heavy atom. The zero-order valence-corrected chi connectivity index (χ0v) is 6.38. The molecule has 0 aromatic heterocycles. The van der Waals surface area contributed by atoms with Crippen LogP contribution in [-0.4, -0.2) is 16.2 Å². The lowest BCUT2D eigenvalue weighted by Crippen LogP contribution is -2.39. The van der Waals surface area contributed by atoms with E-state index in [2.05, 4.69) is 0 Å². The second-order valence-corrected chi connectivity index (χ2v) is 2.59. The van der Waals surface area contributed by atoms with Crippen molar-refractivity contribution in [1.82, 2.24) is 0 Å². The Labute approximate surface area is 59.4 Å². The fourth-order valence-corrected chi connectivity index (χ4v) is 0.534. The third-order valence-corrected chi connectivity index (χ3v) is 1.46. The maximum atomic E-state index is 10.8. The van der Waals surface area contributed by atoms with E-state index in [0.29, 0.717) is 0 Å². The van der Waals surface area contributed by atoms with E-state index in [1.165, 1.54) is 13.8 Å². The van der Waals surface area contributed by atoms with Crippen LogP contribution in [0.1, 0.15) is 27.2 Å². The van der Waals surface area contributed by atoms with Gasteiger partial charge in [-0.3, -0.25) is 14.9 Å². The number of hydrogen-bond donors (Lipinski definition) is 0. The lowest BCUT2D eigenvalue weighted by Gasteiger charge is -2.11. The molecule has 0 aliphatic carbocycles. The molecule has 58 valence electrons. The van der Waals surface area contributed by atoms with Crippen molar-refractivity contribution < 1.29 is 9.72 Å². The summed E-state index contributed by atoms with van der Waals surface area (Å²) in [5.41, 5.74) is -1.41. The highest BCUT2D eigenvalue weighted by Crippen LogP contribution is 2.10. The smallest absolute Gasteiger partial charge is 0.273 e. The van der Waals surface area contributed by atoms with Crippen LogP contribution in [0.4, 0.5) is 0 Å². The molecule has 10 heavy (non-hydrogen) atoms. The molecule has 0 aromatic carbocycles. The Morgan fingerprint density at radius 2 is 2.00 bits per heavy atom. The molecule has 0 amide bonds. The van der Waals surface area contributed by atoms with E-state index in [1.54, 1.807) is 6.92 Å². The van der Waals surface area contributed by atoms with Gasteiger partial charge in [-0.1, -0.05) is 6.92 Å². The van der Waals surface area contributed by atoms with Crippen LogP contribution in [0, 0.1) is 10.1 Å². The number of ketones is 1. The quantitative estimate of drug-likeness (QED) is 0.440. The summed E-state index contributed by atoms with van der Waals surface area (Å²) in [4.78, 5) is 20.5. The molecule has 0 N–H and O–H groups in total. The Kier molecular flexibility index (Phi) is 2.51. The zero-order chi connectivity index (χ0) is 8.36. The predicted molar refractivity (Wildman–Crippen MR) is 36.4 cm³/mol. The highest BCUT2D eigenvalue weighted by atomic mass is 16.6. The summed E-state index contributed by atoms with van der Waals surface area (Å²) in [5, 5.41) is 10.2. The van der Waals surface area contributed by atoms with Gasteiger partial charge in [-0.2, -0.15) is 0 Å². The second kappa shape index (κ2) is 2.77. The largest absolute Gasteiger partial charge is 0.292 e. The van der Waals surface area contributed by atoms with E-state index < -0.39 is 10.5 Å². The molecule has 0 fully saturated rings. The van der Waals surface area contributed by atoms with Crippen LogP contribution in [0.3, 0.4) is 0 Å². The van der Waals surface area contributed by atoms with Crippen molar-refractivity contribution in [1.29, 1.82) is 0 Å². The number of carbonyl (C=O) groups excluding carboxylic acids is 1. The molecule has 0 spiro atoms.